The number of alkyl halides is 3. The van der Waals surface area contributed by atoms with Crippen LogP contribution in [0.15, 0.2) is 54.6 Å². The van der Waals surface area contributed by atoms with Gasteiger partial charge < -0.3 is 15.4 Å². The van der Waals surface area contributed by atoms with E-state index in [9.17, 15) is 18.0 Å². The van der Waals surface area contributed by atoms with E-state index < -0.39 is 6.36 Å². The molecule has 29 heavy (non-hydrogen) atoms. The van der Waals surface area contributed by atoms with E-state index in [1.54, 1.807) is 11.6 Å². The Kier molecular flexibility index (Phi) is 5.76. The predicted octanol–water partition coefficient (Wildman–Crippen LogP) is 4.44. The molecule has 0 fully saturated rings. The summed E-state index contributed by atoms with van der Waals surface area (Å²) < 4.78 is 42.1. The van der Waals surface area contributed by atoms with Gasteiger partial charge in [0.25, 0.3) is 0 Å². The maximum atomic E-state index is 12.3. The first kappa shape index (κ1) is 20.2. The highest BCUT2D eigenvalue weighted by Crippen LogP contribution is 2.24. The van der Waals surface area contributed by atoms with Crippen LogP contribution in [-0.2, 0) is 4.79 Å². The Morgan fingerprint density at radius 3 is 2.34 bits per heavy atom. The minimum Gasteiger partial charge on any atom is -0.406 e. The smallest absolute Gasteiger partial charge is 0.406 e. The van der Waals surface area contributed by atoms with Crippen molar-refractivity contribution in [2.45, 2.75) is 20.2 Å². The summed E-state index contributed by atoms with van der Waals surface area (Å²) in [5.41, 5.74) is 3.45. The summed E-state index contributed by atoms with van der Waals surface area (Å²) >= 11 is 0. The highest BCUT2D eigenvalue weighted by Gasteiger charge is 2.30. The second-order valence-corrected chi connectivity index (χ2v) is 6.27. The number of hydrogen-bond acceptors (Lipinski definition) is 4. The Labute approximate surface area is 165 Å². The van der Waals surface area contributed by atoms with Gasteiger partial charge in [-0.3, -0.25) is 4.79 Å². The number of amides is 1. The van der Waals surface area contributed by atoms with Crippen molar-refractivity contribution in [3.05, 3.63) is 66.0 Å². The molecule has 0 aliphatic rings. The van der Waals surface area contributed by atoms with Crippen LogP contribution in [0.25, 0.3) is 5.69 Å². The van der Waals surface area contributed by atoms with Crippen molar-refractivity contribution in [3.63, 3.8) is 0 Å². The van der Waals surface area contributed by atoms with Crippen LogP contribution < -0.4 is 15.4 Å². The second kappa shape index (κ2) is 8.26. The van der Waals surface area contributed by atoms with Crippen molar-refractivity contribution in [3.8, 4) is 11.4 Å². The lowest BCUT2D eigenvalue weighted by molar-refractivity contribution is -0.274. The first-order valence-corrected chi connectivity index (χ1v) is 8.74. The molecule has 2 N–H and O–H groups in total. The van der Waals surface area contributed by atoms with E-state index in [2.05, 4.69) is 20.5 Å². The number of halogens is 3. The number of benzene rings is 2. The Morgan fingerprint density at radius 2 is 1.72 bits per heavy atom. The fourth-order valence-corrected chi connectivity index (χ4v) is 2.78. The maximum absolute atomic E-state index is 12.3. The zero-order valence-corrected chi connectivity index (χ0v) is 15.7. The third-order valence-corrected chi connectivity index (χ3v) is 4.10. The fraction of sp³-hybridized carbons (Fsp3) is 0.200. The van der Waals surface area contributed by atoms with Crippen molar-refractivity contribution >= 4 is 17.3 Å². The standard InChI is InChI=1S/C20H19F3N4O2/c1-13-19(14(2)27(26-13)16-6-4-3-5-7-16)25-18(28)12-24-15-8-10-17(11-9-15)29-20(21,22)23/h3-11,24H,12H2,1-2H3,(H,25,28). The molecule has 0 radical (unpaired) electrons. The molecule has 1 heterocycles. The van der Waals surface area contributed by atoms with Crippen LogP contribution in [0.3, 0.4) is 0 Å². The lowest BCUT2D eigenvalue weighted by atomic mass is 10.3. The van der Waals surface area contributed by atoms with E-state index in [1.165, 1.54) is 24.3 Å². The van der Waals surface area contributed by atoms with Crippen LogP contribution >= 0.6 is 0 Å². The Bertz CT molecular complexity index is 983. The molecule has 0 atom stereocenters. The van der Waals surface area contributed by atoms with Crippen molar-refractivity contribution in [1.82, 2.24) is 9.78 Å². The predicted molar refractivity (Wildman–Crippen MR) is 103 cm³/mol. The topological polar surface area (TPSA) is 68.2 Å². The first-order valence-electron chi connectivity index (χ1n) is 8.74. The fourth-order valence-electron chi connectivity index (χ4n) is 2.78. The number of aryl methyl sites for hydroxylation is 1. The van der Waals surface area contributed by atoms with E-state index in [0.29, 0.717) is 17.1 Å². The SMILES string of the molecule is Cc1nn(-c2ccccc2)c(C)c1NC(=O)CNc1ccc(OC(F)(F)F)cc1. The molecule has 3 aromatic rings. The third-order valence-electron chi connectivity index (χ3n) is 4.10. The number of nitrogens with zero attached hydrogens (tertiary/aromatic N) is 2. The molecular weight excluding hydrogens is 385 g/mol. The number of anilines is 2. The van der Waals surface area contributed by atoms with Gasteiger partial charge in [0.2, 0.25) is 5.91 Å². The van der Waals surface area contributed by atoms with Gasteiger partial charge in [0, 0.05) is 5.69 Å². The van der Waals surface area contributed by atoms with Gasteiger partial charge in [-0.15, -0.1) is 13.2 Å². The molecule has 0 bridgehead atoms. The molecule has 3 rings (SSSR count). The van der Waals surface area contributed by atoms with Crippen molar-refractivity contribution in [1.29, 1.82) is 0 Å². The molecule has 2 aromatic carbocycles. The van der Waals surface area contributed by atoms with Crippen LogP contribution in [0.5, 0.6) is 5.75 Å². The van der Waals surface area contributed by atoms with E-state index in [0.717, 1.165) is 11.4 Å². The van der Waals surface area contributed by atoms with E-state index in [4.69, 9.17) is 0 Å². The highest BCUT2D eigenvalue weighted by molar-refractivity contribution is 5.94. The molecule has 6 nitrogen and oxygen atoms in total. The quantitative estimate of drug-likeness (QED) is 0.638. The molecular formula is C20H19F3N4O2. The van der Waals surface area contributed by atoms with Gasteiger partial charge in [0.1, 0.15) is 5.75 Å². The summed E-state index contributed by atoms with van der Waals surface area (Å²) in [5, 5.41) is 10.1. The summed E-state index contributed by atoms with van der Waals surface area (Å²) in [5.74, 6) is -0.633. The monoisotopic (exact) mass is 404 g/mol. The van der Waals surface area contributed by atoms with E-state index in [-0.39, 0.29) is 18.2 Å². The number of aromatic nitrogens is 2. The summed E-state index contributed by atoms with van der Waals surface area (Å²) in [4.78, 5) is 12.3. The lowest BCUT2D eigenvalue weighted by Crippen LogP contribution is -2.22. The van der Waals surface area contributed by atoms with Gasteiger partial charge in [-0.05, 0) is 50.2 Å². The van der Waals surface area contributed by atoms with Crippen LogP contribution in [0.2, 0.25) is 0 Å². The molecule has 1 aromatic heterocycles. The lowest BCUT2D eigenvalue weighted by Gasteiger charge is -2.11. The number of hydrogen-bond donors (Lipinski definition) is 2. The number of carbonyl (C=O) groups excluding carboxylic acids is 1. The molecule has 9 heteroatoms. The molecule has 0 unspecified atom stereocenters. The molecule has 0 aliphatic carbocycles. The van der Waals surface area contributed by atoms with Gasteiger partial charge in [-0.1, -0.05) is 18.2 Å². The maximum Gasteiger partial charge on any atom is 0.573 e. The Morgan fingerprint density at radius 1 is 1.07 bits per heavy atom. The zero-order chi connectivity index (χ0) is 21.0. The van der Waals surface area contributed by atoms with Gasteiger partial charge in [0.15, 0.2) is 0 Å². The van der Waals surface area contributed by atoms with Crippen LogP contribution in [0, 0.1) is 13.8 Å². The number of para-hydroxylation sites is 1. The summed E-state index contributed by atoms with van der Waals surface area (Å²) in [7, 11) is 0. The molecule has 0 spiro atoms. The van der Waals surface area contributed by atoms with E-state index in [1.807, 2.05) is 37.3 Å². The second-order valence-electron chi connectivity index (χ2n) is 6.27. The third kappa shape index (κ3) is 5.28. The molecule has 0 saturated heterocycles. The number of ether oxygens (including phenoxy) is 1. The minimum absolute atomic E-state index is 0.0606. The van der Waals surface area contributed by atoms with Crippen LogP contribution in [0.1, 0.15) is 11.4 Å². The molecule has 1 amide bonds. The summed E-state index contributed by atoms with van der Waals surface area (Å²) in [6.07, 6.45) is -4.74. The minimum atomic E-state index is -4.74. The van der Waals surface area contributed by atoms with Gasteiger partial charge in [0.05, 0.1) is 29.3 Å². The van der Waals surface area contributed by atoms with Crippen LogP contribution in [-0.4, -0.2) is 28.6 Å². The van der Waals surface area contributed by atoms with Crippen molar-refractivity contribution in [2.24, 2.45) is 0 Å². The number of carbonyl (C=O) groups is 1. The Hall–Kier alpha value is -3.49. The first-order chi connectivity index (χ1) is 13.7. The molecule has 0 saturated carbocycles. The number of rotatable bonds is 6. The molecule has 152 valence electrons. The van der Waals surface area contributed by atoms with Gasteiger partial charge >= 0.3 is 6.36 Å². The number of nitrogens with one attached hydrogen (secondary N) is 2. The van der Waals surface area contributed by atoms with Crippen molar-refractivity contribution < 1.29 is 22.7 Å². The summed E-state index contributed by atoms with van der Waals surface area (Å²) in [6, 6.07) is 14.7. The van der Waals surface area contributed by atoms with E-state index >= 15 is 0 Å². The average molecular weight is 404 g/mol. The van der Waals surface area contributed by atoms with Crippen molar-refractivity contribution in [2.75, 3.05) is 17.2 Å². The normalized spacial score (nSPS) is 11.2. The van der Waals surface area contributed by atoms with Gasteiger partial charge in [-0.25, -0.2) is 4.68 Å². The van der Waals surface area contributed by atoms with Crippen LogP contribution in [0.4, 0.5) is 24.5 Å². The average Bonchev–Trinajstić information content (AvgIpc) is 2.95. The largest absolute Gasteiger partial charge is 0.573 e. The summed E-state index contributed by atoms with van der Waals surface area (Å²) in [6.45, 7) is 3.60. The highest BCUT2D eigenvalue weighted by atomic mass is 19.4. The Balaban J connectivity index is 1.61. The zero-order valence-electron chi connectivity index (χ0n) is 15.7. The molecule has 0 aliphatic heterocycles. The van der Waals surface area contributed by atoms with Gasteiger partial charge in [-0.2, -0.15) is 5.10 Å².